The molecular weight excluding hydrogens is 387 g/mol. The summed E-state index contributed by atoms with van der Waals surface area (Å²) in [5.74, 6) is -1.60. The lowest BCUT2D eigenvalue weighted by Gasteiger charge is -2.08. The minimum atomic E-state index is -0.844. The van der Waals surface area contributed by atoms with Crippen LogP contribution in [-0.2, 0) is 16.0 Å². The number of halogens is 2. The van der Waals surface area contributed by atoms with Crippen molar-refractivity contribution < 1.29 is 19.1 Å². The second-order valence-corrected chi connectivity index (χ2v) is 6.65. The highest BCUT2D eigenvalue weighted by Gasteiger charge is 2.18. The molecule has 2 rings (SSSR count). The maximum atomic E-state index is 11.9. The van der Waals surface area contributed by atoms with Crippen LogP contribution in [0, 0.1) is 0 Å². The smallest absolute Gasteiger partial charge is 0.341 e. The molecule has 0 aliphatic rings. The first-order chi connectivity index (χ1) is 12.0. The lowest BCUT2D eigenvalue weighted by atomic mass is 10.2. The molecule has 0 radical (unpaired) electrons. The summed E-state index contributed by atoms with van der Waals surface area (Å²) in [5.41, 5.74) is -0.0287. The van der Waals surface area contributed by atoms with Gasteiger partial charge < -0.3 is 10.1 Å². The molecule has 25 heavy (non-hydrogen) atoms. The van der Waals surface area contributed by atoms with Crippen molar-refractivity contribution in [3.05, 3.63) is 56.2 Å². The first kappa shape index (κ1) is 19.2. The number of hydrogen-bond acceptors (Lipinski definition) is 5. The summed E-state index contributed by atoms with van der Waals surface area (Å²) >= 11 is 13.3. The Hall–Kier alpha value is -2.09. The number of hydrogen-bond donors (Lipinski definition) is 2. The number of ether oxygens (including phenoxy) is 1. The van der Waals surface area contributed by atoms with E-state index in [1.54, 1.807) is 17.4 Å². The number of imide groups is 1. The summed E-state index contributed by atoms with van der Waals surface area (Å²) in [6.45, 7) is -0.243. The Labute approximate surface area is 158 Å². The first-order valence-electron chi connectivity index (χ1n) is 7.18. The number of urea groups is 1. The van der Waals surface area contributed by atoms with Crippen molar-refractivity contribution in [1.29, 1.82) is 0 Å². The van der Waals surface area contributed by atoms with E-state index in [9.17, 15) is 14.4 Å². The summed E-state index contributed by atoms with van der Waals surface area (Å²) in [7, 11) is 0. The Morgan fingerprint density at radius 1 is 1.08 bits per heavy atom. The molecule has 0 fully saturated rings. The molecule has 0 unspecified atom stereocenters. The van der Waals surface area contributed by atoms with E-state index >= 15 is 0 Å². The molecule has 0 aliphatic carbocycles. The van der Waals surface area contributed by atoms with Gasteiger partial charge in [-0.3, -0.25) is 10.1 Å². The molecule has 0 aliphatic heterocycles. The summed E-state index contributed by atoms with van der Waals surface area (Å²) in [6, 6.07) is 7.75. The first-order valence-corrected chi connectivity index (χ1v) is 8.82. The van der Waals surface area contributed by atoms with Gasteiger partial charge in [-0.1, -0.05) is 35.3 Å². The zero-order valence-corrected chi connectivity index (χ0v) is 15.2. The number of nitrogens with one attached hydrogen (secondary N) is 2. The highest BCUT2D eigenvalue weighted by atomic mass is 35.5. The van der Waals surface area contributed by atoms with Crippen molar-refractivity contribution in [3.63, 3.8) is 0 Å². The Morgan fingerprint density at radius 3 is 2.44 bits per heavy atom. The molecule has 1 aromatic heterocycles. The standard InChI is InChI=1S/C16H14Cl2N2O4S/c17-11-4-1-5-12(18)14(11)15(22)24-9-13(21)20-16(23)19-7-6-10-3-2-8-25-10/h1-5,8H,6-7,9H2,(H2,19,20,21,23). The predicted octanol–water partition coefficient (Wildman–Crippen LogP) is 3.28. The van der Waals surface area contributed by atoms with Gasteiger partial charge in [0.15, 0.2) is 6.61 Å². The monoisotopic (exact) mass is 400 g/mol. The van der Waals surface area contributed by atoms with Crippen molar-refractivity contribution in [2.45, 2.75) is 6.42 Å². The summed E-state index contributed by atoms with van der Waals surface area (Å²) in [6.07, 6.45) is 0.666. The van der Waals surface area contributed by atoms with E-state index in [0.29, 0.717) is 13.0 Å². The molecule has 2 N–H and O–H groups in total. The third-order valence-corrected chi connectivity index (χ3v) is 4.56. The van der Waals surface area contributed by atoms with Gasteiger partial charge in [-0.05, 0) is 30.0 Å². The second kappa shape index (κ2) is 9.41. The Bertz CT molecular complexity index is 745. The average molecular weight is 401 g/mol. The number of esters is 1. The fourth-order valence-corrected chi connectivity index (χ4v) is 3.12. The lowest BCUT2D eigenvalue weighted by Crippen LogP contribution is -2.42. The van der Waals surface area contributed by atoms with Crippen LogP contribution in [0.3, 0.4) is 0 Å². The normalized spacial score (nSPS) is 10.2. The second-order valence-electron chi connectivity index (χ2n) is 4.81. The van der Waals surface area contributed by atoms with Crippen LogP contribution in [0.4, 0.5) is 4.79 Å². The molecule has 9 heteroatoms. The van der Waals surface area contributed by atoms with E-state index < -0.39 is 24.5 Å². The van der Waals surface area contributed by atoms with E-state index in [2.05, 4.69) is 10.6 Å². The summed E-state index contributed by atoms with van der Waals surface area (Å²) in [4.78, 5) is 36.3. The van der Waals surface area contributed by atoms with Gasteiger partial charge in [0.1, 0.15) is 0 Å². The minimum Gasteiger partial charge on any atom is -0.452 e. The number of carbonyl (C=O) groups is 3. The van der Waals surface area contributed by atoms with Crippen LogP contribution in [0.5, 0.6) is 0 Å². The van der Waals surface area contributed by atoms with Gasteiger partial charge in [-0.2, -0.15) is 0 Å². The average Bonchev–Trinajstić information content (AvgIpc) is 3.06. The number of thiophene rings is 1. The molecule has 1 heterocycles. The fourth-order valence-electron chi connectivity index (χ4n) is 1.86. The molecule has 0 saturated carbocycles. The highest BCUT2D eigenvalue weighted by molar-refractivity contribution is 7.09. The van der Waals surface area contributed by atoms with Crippen LogP contribution < -0.4 is 10.6 Å². The van der Waals surface area contributed by atoms with Crippen molar-refractivity contribution in [3.8, 4) is 0 Å². The molecule has 0 bridgehead atoms. The van der Waals surface area contributed by atoms with Crippen molar-refractivity contribution in [2.75, 3.05) is 13.2 Å². The number of rotatable bonds is 6. The number of carbonyl (C=O) groups excluding carboxylic acids is 3. The molecule has 3 amide bonds. The van der Waals surface area contributed by atoms with Crippen molar-refractivity contribution >= 4 is 52.4 Å². The Morgan fingerprint density at radius 2 is 1.80 bits per heavy atom. The van der Waals surface area contributed by atoms with Gasteiger partial charge in [-0.25, -0.2) is 9.59 Å². The van der Waals surface area contributed by atoms with Gasteiger partial charge in [0.05, 0.1) is 15.6 Å². The molecule has 6 nitrogen and oxygen atoms in total. The predicted molar refractivity (Wildman–Crippen MR) is 96.3 cm³/mol. The van der Waals surface area contributed by atoms with Gasteiger partial charge in [0, 0.05) is 11.4 Å². The van der Waals surface area contributed by atoms with E-state index in [0.717, 1.165) is 4.88 Å². The maximum absolute atomic E-state index is 11.9. The lowest BCUT2D eigenvalue weighted by molar-refractivity contribution is -0.123. The van der Waals surface area contributed by atoms with Gasteiger partial charge in [0.2, 0.25) is 0 Å². The topological polar surface area (TPSA) is 84.5 Å². The van der Waals surface area contributed by atoms with Gasteiger partial charge in [0.25, 0.3) is 5.91 Å². The third kappa shape index (κ3) is 6.04. The molecule has 1 aromatic carbocycles. The van der Waals surface area contributed by atoms with Gasteiger partial charge >= 0.3 is 12.0 Å². The molecule has 132 valence electrons. The molecule has 0 saturated heterocycles. The van der Waals surface area contributed by atoms with Crippen molar-refractivity contribution in [1.82, 2.24) is 10.6 Å². The van der Waals surface area contributed by atoms with E-state index in [1.165, 1.54) is 12.1 Å². The largest absolute Gasteiger partial charge is 0.452 e. The summed E-state index contributed by atoms with van der Waals surface area (Å²) in [5, 5.41) is 6.78. The SMILES string of the molecule is O=C(COC(=O)c1c(Cl)cccc1Cl)NC(=O)NCCc1cccs1. The molecule has 2 aromatic rings. The van der Waals surface area contributed by atoms with Crippen molar-refractivity contribution in [2.24, 2.45) is 0 Å². The molecule has 0 atom stereocenters. The number of benzene rings is 1. The van der Waals surface area contributed by atoms with Crippen LogP contribution in [-0.4, -0.2) is 31.1 Å². The van der Waals surface area contributed by atoms with E-state index in [1.807, 2.05) is 17.5 Å². The van der Waals surface area contributed by atoms with E-state index in [4.69, 9.17) is 27.9 Å². The Kier molecular flexibility index (Phi) is 7.24. The van der Waals surface area contributed by atoms with Crippen LogP contribution >= 0.6 is 34.5 Å². The van der Waals surface area contributed by atoms with Crippen LogP contribution in [0.2, 0.25) is 10.0 Å². The van der Waals surface area contributed by atoms with Crippen LogP contribution in [0.1, 0.15) is 15.2 Å². The third-order valence-electron chi connectivity index (χ3n) is 2.99. The minimum absolute atomic E-state index is 0.0287. The maximum Gasteiger partial charge on any atom is 0.341 e. The van der Waals surface area contributed by atoms with E-state index in [-0.39, 0.29) is 15.6 Å². The van der Waals surface area contributed by atoms with Crippen LogP contribution in [0.25, 0.3) is 0 Å². The van der Waals surface area contributed by atoms with Crippen LogP contribution in [0.15, 0.2) is 35.7 Å². The highest BCUT2D eigenvalue weighted by Crippen LogP contribution is 2.24. The zero-order valence-electron chi connectivity index (χ0n) is 12.9. The molecule has 0 spiro atoms. The fraction of sp³-hybridized carbons (Fsp3) is 0.188. The quantitative estimate of drug-likeness (QED) is 0.728. The number of amides is 3. The molecular formula is C16H14Cl2N2O4S. The van der Waals surface area contributed by atoms with Gasteiger partial charge in [-0.15, -0.1) is 11.3 Å². The summed E-state index contributed by atoms with van der Waals surface area (Å²) < 4.78 is 4.82. The zero-order chi connectivity index (χ0) is 18.2. The Balaban J connectivity index is 1.72.